The molecule has 0 aromatic carbocycles. The van der Waals surface area contributed by atoms with Crippen molar-refractivity contribution in [1.82, 2.24) is 5.32 Å². The molecule has 1 saturated carbocycles. The van der Waals surface area contributed by atoms with E-state index in [0.717, 1.165) is 12.0 Å². The fourth-order valence-electron chi connectivity index (χ4n) is 3.48. The molecule has 2 rings (SSSR count). The molecule has 1 aromatic heterocycles. The summed E-state index contributed by atoms with van der Waals surface area (Å²) in [5, 5.41) is 6.06. The molecular formula is C18H31NS. The Balaban J connectivity index is 1.86. The van der Waals surface area contributed by atoms with Gasteiger partial charge in [0.25, 0.3) is 0 Å². The molecule has 20 heavy (non-hydrogen) atoms. The van der Waals surface area contributed by atoms with Gasteiger partial charge in [0, 0.05) is 10.9 Å². The maximum absolute atomic E-state index is 3.85. The van der Waals surface area contributed by atoms with Crippen molar-refractivity contribution in [2.45, 2.75) is 77.2 Å². The lowest BCUT2D eigenvalue weighted by atomic mass is 9.84. The lowest BCUT2D eigenvalue weighted by Gasteiger charge is -2.29. The molecule has 1 unspecified atom stereocenters. The van der Waals surface area contributed by atoms with Crippen molar-refractivity contribution in [3.8, 4) is 0 Å². The van der Waals surface area contributed by atoms with Gasteiger partial charge in [-0.05, 0) is 56.0 Å². The third-order valence-electron chi connectivity index (χ3n) is 4.66. The summed E-state index contributed by atoms with van der Waals surface area (Å²) in [4.78, 5) is 1.55. The molecular weight excluding hydrogens is 262 g/mol. The van der Waals surface area contributed by atoms with E-state index in [2.05, 4.69) is 29.8 Å². The number of aryl methyl sites for hydroxylation is 1. The minimum atomic E-state index is 0.746. The summed E-state index contributed by atoms with van der Waals surface area (Å²) in [5.41, 5.74) is 0. The normalized spacial score (nSPS) is 19.4. The average molecular weight is 294 g/mol. The van der Waals surface area contributed by atoms with Crippen LogP contribution in [0.2, 0.25) is 0 Å². The molecule has 1 fully saturated rings. The van der Waals surface area contributed by atoms with Crippen LogP contribution < -0.4 is 5.32 Å². The van der Waals surface area contributed by atoms with E-state index in [1.54, 1.807) is 4.88 Å². The standard InChI is InChI=1S/C18H31NS/c1-2-14-19-18(13-12-17-11-8-15-20-17)16-9-6-4-3-5-7-10-16/h8,11,15-16,18-19H,2-7,9-10,12-14H2,1H3. The van der Waals surface area contributed by atoms with Crippen LogP contribution >= 0.6 is 11.3 Å². The van der Waals surface area contributed by atoms with Crippen LogP contribution in [-0.4, -0.2) is 12.6 Å². The van der Waals surface area contributed by atoms with Gasteiger partial charge in [-0.1, -0.05) is 45.1 Å². The summed E-state index contributed by atoms with van der Waals surface area (Å²) in [7, 11) is 0. The highest BCUT2D eigenvalue weighted by molar-refractivity contribution is 7.09. The Morgan fingerprint density at radius 2 is 1.95 bits per heavy atom. The van der Waals surface area contributed by atoms with Gasteiger partial charge in [-0.25, -0.2) is 0 Å². The van der Waals surface area contributed by atoms with Gasteiger partial charge in [0.05, 0.1) is 0 Å². The molecule has 1 aliphatic rings. The Bertz CT molecular complexity index is 325. The fraction of sp³-hybridized carbons (Fsp3) is 0.778. The van der Waals surface area contributed by atoms with Crippen LogP contribution in [0.15, 0.2) is 17.5 Å². The minimum absolute atomic E-state index is 0.746. The zero-order valence-electron chi connectivity index (χ0n) is 13.1. The highest BCUT2D eigenvalue weighted by atomic mass is 32.1. The van der Waals surface area contributed by atoms with Crippen molar-refractivity contribution in [3.05, 3.63) is 22.4 Å². The van der Waals surface area contributed by atoms with E-state index in [4.69, 9.17) is 0 Å². The molecule has 0 saturated heterocycles. The quantitative estimate of drug-likeness (QED) is 0.709. The summed E-state index contributed by atoms with van der Waals surface area (Å²) >= 11 is 1.92. The molecule has 1 nitrogen and oxygen atoms in total. The Hall–Kier alpha value is -0.340. The van der Waals surface area contributed by atoms with Gasteiger partial charge in [-0.2, -0.15) is 0 Å². The number of thiophene rings is 1. The van der Waals surface area contributed by atoms with Crippen molar-refractivity contribution in [2.75, 3.05) is 6.54 Å². The number of hydrogen-bond donors (Lipinski definition) is 1. The lowest BCUT2D eigenvalue weighted by molar-refractivity contribution is 0.274. The van der Waals surface area contributed by atoms with Gasteiger partial charge in [0.2, 0.25) is 0 Å². The number of hydrogen-bond acceptors (Lipinski definition) is 2. The molecule has 1 atom stereocenters. The van der Waals surface area contributed by atoms with E-state index in [0.29, 0.717) is 0 Å². The summed E-state index contributed by atoms with van der Waals surface area (Å²) < 4.78 is 0. The fourth-order valence-corrected chi connectivity index (χ4v) is 4.20. The lowest BCUT2D eigenvalue weighted by Crippen LogP contribution is -2.37. The second-order valence-corrected chi connectivity index (χ2v) is 7.32. The topological polar surface area (TPSA) is 12.0 Å². The van der Waals surface area contributed by atoms with Crippen LogP contribution in [0.1, 0.15) is 69.6 Å². The van der Waals surface area contributed by atoms with Crippen molar-refractivity contribution in [3.63, 3.8) is 0 Å². The molecule has 2 heteroatoms. The Morgan fingerprint density at radius 3 is 2.60 bits per heavy atom. The van der Waals surface area contributed by atoms with Gasteiger partial charge < -0.3 is 5.32 Å². The second-order valence-electron chi connectivity index (χ2n) is 6.28. The van der Waals surface area contributed by atoms with E-state index in [1.165, 1.54) is 70.8 Å². The monoisotopic (exact) mass is 293 g/mol. The number of rotatable bonds is 7. The van der Waals surface area contributed by atoms with Gasteiger partial charge in [-0.3, -0.25) is 0 Å². The van der Waals surface area contributed by atoms with Crippen LogP contribution in [0, 0.1) is 5.92 Å². The van der Waals surface area contributed by atoms with Crippen molar-refractivity contribution in [1.29, 1.82) is 0 Å². The predicted octanol–water partition coefficient (Wildman–Crippen LogP) is 5.41. The summed E-state index contributed by atoms with van der Waals surface area (Å²) in [5.74, 6) is 0.918. The van der Waals surface area contributed by atoms with Gasteiger partial charge in [0.15, 0.2) is 0 Å². The minimum Gasteiger partial charge on any atom is -0.314 e. The second kappa shape index (κ2) is 9.57. The Kier molecular flexibility index (Phi) is 7.67. The van der Waals surface area contributed by atoms with E-state index in [9.17, 15) is 0 Å². The van der Waals surface area contributed by atoms with Crippen LogP contribution in [0.5, 0.6) is 0 Å². The highest BCUT2D eigenvalue weighted by Gasteiger charge is 2.21. The average Bonchev–Trinajstić information content (AvgIpc) is 2.93. The van der Waals surface area contributed by atoms with Gasteiger partial charge >= 0.3 is 0 Å². The third kappa shape index (κ3) is 5.57. The molecule has 1 N–H and O–H groups in total. The first-order chi connectivity index (χ1) is 9.90. The van der Waals surface area contributed by atoms with Gasteiger partial charge in [0.1, 0.15) is 0 Å². The molecule has 0 bridgehead atoms. The maximum Gasteiger partial charge on any atom is 0.00987 e. The molecule has 1 heterocycles. The first-order valence-corrected chi connectivity index (χ1v) is 9.54. The molecule has 1 aromatic rings. The first kappa shape index (κ1) is 16.0. The Labute approximate surface area is 129 Å². The smallest absolute Gasteiger partial charge is 0.00987 e. The van der Waals surface area contributed by atoms with Crippen LogP contribution in [0.4, 0.5) is 0 Å². The van der Waals surface area contributed by atoms with Crippen LogP contribution in [-0.2, 0) is 6.42 Å². The van der Waals surface area contributed by atoms with Crippen molar-refractivity contribution >= 4 is 11.3 Å². The Morgan fingerprint density at radius 1 is 1.20 bits per heavy atom. The largest absolute Gasteiger partial charge is 0.314 e. The third-order valence-corrected chi connectivity index (χ3v) is 5.59. The van der Waals surface area contributed by atoms with Crippen molar-refractivity contribution < 1.29 is 0 Å². The molecule has 0 amide bonds. The molecule has 114 valence electrons. The molecule has 0 spiro atoms. The summed E-state index contributed by atoms with van der Waals surface area (Å²) in [6, 6.07) is 5.22. The van der Waals surface area contributed by atoms with E-state index < -0.39 is 0 Å². The van der Waals surface area contributed by atoms with Crippen molar-refractivity contribution in [2.24, 2.45) is 5.92 Å². The zero-order valence-corrected chi connectivity index (χ0v) is 13.9. The summed E-state index contributed by atoms with van der Waals surface area (Å²) in [6.07, 6.45) is 14.0. The van der Waals surface area contributed by atoms with E-state index in [1.807, 2.05) is 11.3 Å². The molecule has 1 aliphatic carbocycles. The van der Waals surface area contributed by atoms with E-state index in [-0.39, 0.29) is 0 Å². The highest BCUT2D eigenvalue weighted by Crippen LogP contribution is 2.27. The van der Waals surface area contributed by atoms with E-state index >= 15 is 0 Å². The SMILES string of the molecule is CCCNC(CCc1cccs1)C1CCCCCCC1. The van der Waals surface area contributed by atoms with Crippen LogP contribution in [0.25, 0.3) is 0 Å². The van der Waals surface area contributed by atoms with Crippen LogP contribution in [0.3, 0.4) is 0 Å². The maximum atomic E-state index is 3.85. The molecule has 0 radical (unpaired) electrons. The zero-order chi connectivity index (χ0) is 14.0. The number of nitrogens with one attached hydrogen (secondary N) is 1. The summed E-state index contributed by atoms with van der Waals surface area (Å²) in [6.45, 7) is 3.47. The molecule has 0 aliphatic heterocycles. The predicted molar refractivity (Wildman–Crippen MR) is 90.5 cm³/mol. The first-order valence-electron chi connectivity index (χ1n) is 8.66. The van der Waals surface area contributed by atoms with Gasteiger partial charge in [-0.15, -0.1) is 11.3 Å².